The summed E-state index contributed by atoms with van der Waals surface area (Å²) in [5.41, 5.74) is 1.40. The van der Waals surface area contributed by atoms with Crippen LogP contribution in [0.4, 0.5) is 10.1 Å². The number of nitrogens with zero attached hydrogens (tertiary/aromatic N) is 1. The molecule has 2 rings (SSSR count). The van der Waals surface area contributed by atoms with Crippen LogP contribution >= 0.6 is 15.9 Å². The lowest BCUT2D eigenvalue weighted by molar-refractivity contribution is -0.384. The van der Waals surface area contributed by atoms with Crippen LogP contribution in [-0.4, -0.2) is 4.92 Å². The van der Waals surface area contributed by atoms with Crippen LogP contribution in [0.1, 0.15) is 24.1 Å². The minimum atomic E-state index is -0.426. The molecule has 1 unspecified atom stereocenters. The molecule has 0 spiro atoms. The Morgan fingerprint density at radius 3 is 2.76 bits per heavy atom. The lowest BCUT2D eigenvalue weighted by atomic mass is 10.1. The molecule has 0 bridgehead atoms. The molecular weight excluding hydrogens is 339 g/mol. The van der Waals surface area contributed by atoms with Gasteiger partial charge in [-0.05, 0) is 24.6 Å². The number of non-ortho nitro benzene ring substituents is 1. The number of nitro groups is 1. The zero-order chi connectivity index (χ0) is 15.4. The van der Waals surface area contributed by atoms with Gasteiger partial charge >= 0.3 is 0 Å². The van der Waals surface area contributed by atoms with Gasteiger partial charge in [0.25, 0.3) is 5.69 Å². The largest absolute Gasteiger partial charge is 0.306 e. The summed E-state index contributed by atoms with van der Waals surface area (Å²) in [6, 6.07) is 11.2. The van der Waals surface area contributed by atoms with E-state index in [1.165, 1.54) is 18.2 Å². The van der Waals surface area contributed by atoms with Crippen LogP contribution in [0.15, 0.2) is 46.9 Å². The van der Waals surface area contributed by atoms with Gasteiger partial charge in [-0.15, -0.1) is 0 Å². The third kappa shape index (κ3) is 4.09. The lowest BCUT2D eigenvalue weighted by Gasteiger charge is -2.14. The average Bonchev–Trinajstić information content (AvgIpc) is 2.46. The molecule has 0 heterocycles. The maximum Gasteiger partial charge on any atom is 0.269 e. The van der Waals surface area contributed by atoms with Gasteiger partial charge in [0, 0.05) is 34.8 Å². The molecule has 1 N–H and O–H groups in total. The molecule has 0 aliphatic heterocycles. The first kappa shape index (κ1) is 15.6. The number of rotatable bonds is 5. The van der Waals surface area contributed by atoms with Crippen LogP contribution in [0, 0.1) is 15.9 Å². The van der Waals surface area contributed by atoms with Gasteiger partial charge < -0.3 is 5.32 Å². The Morgan fingerprint density at radius 2 is 2.10 bits per heavy atom. The molecule has 6 heteroatoms. The van der Waals surface area contributed by atoms with E-state index in [1.807, 2.05) is 13.0 Å². The third-order valence-electron chi connectivity index (χ3n) is 3.19. The Balaban J connectivity index is 2.06. The van der Waals surface area contributed by atoms with Gasteiger partial charge in [-0.1, -0.05) is 34.1 Å². The Kier molecular flexibility index (Phi) is 5.03. The van der Waals surface area contributed by atoms with E-state index in [4.69, 9.17) is 0 Å². The summed E-state index contributed by atoms with van der Waals surface area (Å²) in [7, 11) is 0. The second kappa shape index (κ2) is 6.78. The fourth-order valence-corrected chi connectivity index (χ4v) is 2.29. The monoisotopic (exact) mass is 352 g/mol. The van der Waals surface area contributed by atoms with Crippen molar-refractivity contribution in [1.29, 1.82) is 0 Å². The van der Waals surface area contributed by atoms with Crippen LogP contribution in [0.2, 0.25) is 0 Å². The SMILES string of the molecule is CC(NCc1ccc(Br)cc1F)c1cccc([N+](=O)[O-])c1. The topological polar surface area (TPSA) is 55.2 Å². The predicted octanol–water partition coefficient (Wildman–Crippen LogP) is 4.35. The van der Waals surface area contributed by atoms with Crippen molar-refractivity contribution >= 4 is 21.6 Å². The minimum Gasteiger partial charge on any atom is -0.306 e. The van der Waals surface area contributed by atoms with Crippen LogP contribution < -0.4 is 5.32 Å². The molecule has 1 atom stereocenters. The maximum absolute atomic E-state index is 13.7. The molecule has 110 valence electrons. The van der Waals surface area contributed by atoms with E-state index in [-0.39, 0.29) is 17.5 Å². The van der Waals surface area contributed by atoms with E-state index >= 15 is 0 Å². The maximum atomic E-state index is 13.7. The number of benzene rings is 2. The van der Waals surface area contributed by atoms with Gasteiger partial charge in [0.1, 0.15) is 5.82 Å². The van der Waals surface area contributed by atoms with E-state index < -0.39 is 4.92 Å². The summed E-state index contributed by atoms with van der Waals surface area (Å²) in [5.74, 6) is -0.289. The first-order valence-corrected chi connectivity index (χ1v) is 7.18. The summed E-state index contributed by atoms with van der Waals surface area (Å²) in [6.07, 6.45) is 0. The normalized spacial score (nSPS) is 12.1. The summed E-state index contributed by atoms with van der Waals surface area (Å²) in [5, 5.41) is 13.9. The Hall–Kier alpha value is -1.79. The van der Waals surface area contributed by atoms with Gasteiger partial charge in [0.05, 0.1) is 4.92 Å². The fourth-order valence-electron chi connectivity index (χ4n) is 1.95. The molecule has 4 nitrogen and oxygen atoms in total. The van der Waals surface area contributed by atoms with E-state index in [1.54, 1.807) is 18.2 Å². The van der Waals surface area contributed by atoms with Crippen molar-refractivity contribution in [3.63, 3.8) is 0 Å². The highest BCUT2D eigenvalue weighted by molar-refractivity contribution is 9.10. The summed E-state index contributed by atoms with van der Waals surface area (Å²) < 4.78 is 14.4. The number of hydrogen-bond acceptors (Lipinski definition) is 3. The summed E-state index contributed by atoms with van der Waals surface area (Å²) in [4.78, 5) is 10.3. The van der Waals surface area contributed by atoms with Gasteiger partial charge in [-0.3, -0.25) is 10.1 Å². The van der Waals surface area contributed by atoms with Crippen molar-refractivity contribution in [3.05, 3.63) is 74.0 Å². The zero-order valence-electron chi connectivity index (χ0n) is 11.3. The predicted molar refractivity (Wildman–Crippen MR) is 82.5 cm³/mol. The lowest BCUT2D eigenvalue weighted by Crippen LogP contribution is -2.18. The average molecular weight is 353 g/mol. The fraction of sp³-hybridized carbons (Fsp3) is 0.200. The van der Waals surface area contributed by atoms with Gasteiger partial charge in [-0.25, -0.2) is 4.39 Å². The highest BCUT2D eigenvalue weighted by atomic mass is 79.9. The highest BCUT2D eigenvalue weighted by Crippen LogP contribution is 2.20. The van der Waals surface area contributed by atoms with Crippen LogP contribution in [0.25, 0.3) is 0 Å². The molecule has 0 radical (unpaired) electrons. The quantitative estimate of drug-likeness (QED) is 0.642. The highest BCUT2D eigenvalue weighted by Gasteiger charge is 2.11. The van der Waals surface area contributed by atoms with E-state index in [0.717, 1.165) is 5.56 Å². The van der Waals surface area contributed by atoms with E-state index in [2.05, 4.69) is 21.2 Å². The molecule has 0 fully saturated rings. The molecular formula is C15H14BrFN2O2. The molecule has 0 aliphatic rings. The summed E-state index contributed by atoms with van der Waals surface area (Å²) >= 11 is 3.21. The standard InChI is InChI=1S/C15H14BrFN2O2/c1-10(11-3-2-4-14(7-11)19(20)21)18-9-12-5-6-13(16)8-15(12)17/h2-8,10,18H,9H2,1H3. The molecule has 2 aromatic rings. The third-order valence-corrected chi connectivity index (χ3v) is 3.69. The van der Waals surface area contributed by atoms with Crippen molar-refractivity contribution in [2.45, 2.75) is 19.5 Å². The number of nitrogens with one attached hydrogen (secondary N) is 1. The minimum absolute atomic E-state index is 0.0518. The molecule has 0 aromatic heterocycles. The zero-order valence-corrected chi connectivity index (χ0v) is 12.9. The van der Waals surface area contributed by atoms with E-state index in [9.17, 15) is 14.5 Å². The molecule has 0 amide bonds. The van der Waals surface area contributed by atoms with Crippen molar-refractivity contribution < 1.29 is 9.31 Å². The van der Waals surface area contributed by atoms with Crippen molar-refractivity contribution in [2.24, 2.45) is 0 Å². The Bertz CT molecular complexity index is 664. The van der Waals surface area contributed by atoms with Crippen molar-refractivity contribution in [1.82, 2.24) is 5.32 Å². The number of hydrogen-bond donors (Lipinski definition) is 1. The van der Waals surface area contributed by atoms with Crippen LogP contribution in [0.5, 0.6) is 0 Å². The van der Waals surface area contributed by atoms with Gasteiger partial charge in [0.15, 0.2) is 0 Å². The molecule has 0 saturated carbocycles. The van der Waals surface area contributed by atoms with Crippen LogP contribution in [0.3, 0.4) is 0 Å². The molecule has 2 aromatic carbocycles. The van der Waals surface area contributed by atoms with Crippen molar-refractivity contribution in [3.8, 4) is 0 Å². The number of halogens is 2. The molecule has 0 aliphatic carbocycles. The smallest absolute Gasteiger partial charge is 0.269 e. The van der Waals surface area contributed by atoms with Crippen LogP contribution in [-0.2, 0) is 6.54 Å². The Morgan fingerprint density at radius 1 is 1.33 bits per heavy atom. The van der Waals surface area contributed by atoms with E-state index in [0.29, 0.717) is 16.6 Å². The molecule has 21 heavy (non-hydrogen) atoms. The summed E-state index contributed by atoms with van der Waals surface area (Å²) in [6.45, 7) is 2.23. The number of nitro benzene ring substituents is 1. The first-order valence-electron chi connectivity index (χ1n) is 6.39. The van der Waals surface area contributed by atoms with Gasteiger partial charge in [0.2, 0.25) is 0 Å². The second-order valence-electron chi connectivity index (χ2n) is 4.69. The second-order valence-corrected chi connectivity index (χ2v) is 5.61. The Labute approximate surface area is 130 Å². The van der Waals surface area contributed by atoms with Crippen molar-refractivity contribution in [2.75, 3.05) is 0 Å². The first-order chi connectivity index (χ1) is 9.97. The molecule has 0 saturated heterocycles. The van der Waals surface area contributed by atoms with Gasteiger partial charge in [-0.2, -0.15) is 0 Å².